The highest BCUT2D eigenvalue weighted by atomic mass is 16.5. The van der Waals surface area contributed by atoms with E-state index in [1.165, 1.54) is 5.56 Å². The number of hydrogen-bond acceptors (Lipinski definition) is 2. The predicted octanol–water partition coefficient (Wildman–Crippen LogP) is 2.31. The summed E-state index contributed by atoms with van der Waals surface area (Å²) >= 11 is 0. The second-order valence-corrected chi connectivity index (χ2v) is 5.31. The van der Waals surface area contributed by atoms with Crippen LogP contribution in [0.5, 0.6) is 0 Å². The number of nitrogens with one attached hydrogen (secondary N) is 1. The third-order valence-corrected chi connectivity index (χ3v) is 3.23. The topological polar surface area (TPSA) is 41.6 Å². The van der Waals surface area contributed by atoms with Gasteiger partial charge in [0.05, 0.1) is 12.2 Å². The quantitative estimate of drug-likeness (QED) is 0.888. The molecule has 4 heteroatoms. The molecule has 0 saturated carbocycles. The van der Waals surface area contributed by atoms with Crippen LogP contribution in [-0.4, -0.2) is 36.2 Å². The van der Waals surface area contributed by atoms with Crippen molar-refractivity contribution in [1.82, 2.24) is 10.2 Å². The lowest BCUT2D eigenvalue weighted by Gasteiger charge is -2.35. The molecule has 2 atom stereocenters. The summed E-state index contributed by atoms with van der Waals surface area (Å²) in [5.41, 5.74) is 2.34. The minimum absolute atomic E-state index is 0.0106. The molecular weight excluding hydrogens is 240 g/mol. The lowest BCUT2D eigenvalue weighted by atomic mass is 10.1. The molecule has 1 heterocycles. The molecule has 0 aromatic heterocycles. The minimum Gasteiger partial charge on any atom is -0.372 e. The maximum absolute atomic E-state index is 12.1. The van der Waals surface area contributed by atoms with E-state index in [0.717, 1.165) is 5.56 Å². The monoisotopic (exact) mass is 262 g/mol. The van der Waals surface area contributed by atoms with Gasteiger partial charge in [0.1, 0.15) is 0 Å². The molecule has 1 aliphatic rings. The maximum Gasteiger partial charge on any atom is 0.317 e. The Morgan fingerprint density at radius 3 is 2.68 bits per heavy atom. The van der Waals surface area contributed by atoms with E-state index in [1.807, 2.05) is 30.9 Å². The molecule has 0 spiro atoms. The number of morpholine rings is 1. The second kappa shape index (κ2) is 6.06. The summed E-state index contributed by atoms with van der Waals surface area (Å²) in [5, 5.41) is 2.97. The highest BCUT2D eigenvalue weighted by Crippen LogP contribution is 2.11. The van der Waals surface area contributed by atoms with E-state index in [4.69, 9.17) is 4.74 Å². The van der Waals surface area contributed by atoms with Gasteiger partial charge in [-0.2, -0.15) is 0 Å². The van der Waals surface area contributed by atoms with Crippen molar-refractivity contribution in [3.63, 3.8) is 0 Å². The van der Waals surface area contributed by atoms with Gasteiger partial charge in [0.2, 0.25) is 0 Å². The van der Waals surface area contributed by atoms with E-state index in [1.54, 1.807) is 0 Å². The van der Waals surface area contributed by atoms with Gasteiger partial charge >= 0.3 is 6.03 Å². The van der Waals surface area contributed by atoms with Gasteiger partial charge in [-0.05, 0) is 26.3 Å². The number of amides is 2. The average Bonchev–Trinajstić information content (AvgIpc) is 2.35. The van der Waals surface area contributed by atoms with Crippen LogP contribution in [0, 0.1) is 6.92 Å². The van der Waals surface area contributed by atoms with Crippen molar-refractivity contribution < 1.29 is 9.53 Å². The van der Waals surface area contributed by atoms with Crippen LogP contribution in [0.4, 0.5) is 4.79 Å². The van der Waals surface area contributed by atoms with Gasteiger partial charge in [0.25, 0.3) is 0 Å². The fraction of sp³-hybridized carbons (Fsp3) is 0.533. The van der Waals surface area contributed by atoms with Crippen molar-refractivity contribution in [3.8, 4) is 0 Å². The number of nitrogens with zero attached hydrogens (tertiary/aromatic N) is 1. The fourth-order valence-corrected chi connectivity index (χ4v) is 2.46. The summed E-state index contributed by atoms with van der Waals surface area (Å²) in [6.45, 7) is 7.93. The number of urea groups is 1. The Labute approximate surface area is 114 Å². The Balaban J connectivity index is 1.87. The molecule has 1 N–H and O–H groups in total. The molecule has 2 amide bonds. The van der Waals surface area contributed by atoms with Crippen molar-refractivity contribution in [2.75, 3.05) is 13.1 Å². The van der Waals surface area contributed by atoms with Crippen molar-refractivity contribution in [2.24, 2.45) is 0 Å². The van der Waals surface area contributed by atoms with Crippen molar-refractivity contribution >= 4 is 6.03 Å². The first-order valence-corrected chi connectivity index (χ1v) is 6.78. The SMILES string of the molecule is Cc1cccc(CNC(=O)N2CC(C)OC(C)C2)c1. The maximum atomic E-state index is 12.1. The Morgan fingerprint density at radius 1 is 1.37 bits per heavy atom. The fourth-order valence-electron chi connectivity index (χ4n) is 2.46. The smallest absolute Gasteiger partial charge is 0.317 e. The van der Waals surface area contributed by atoms with Crippen LogP contribution in [-0.2, 0) is 11.3 Å². The molecule has 4 nitrogen and oxygen atoms in total. The van der Waals surface area contributed by atoms with Crippen molar-refractivity contribution in [1.29, 1.82) is 0 Å². The molecule has 104 valence electrons. The number of rotatable bonds is 2. The normalized spacial score (nSPS) is 23.2. The van der Waals surface area contributed by atoms with Crippen LogP contribution in [0.2, 0.25) is 0 Å². The number of ether oxygens (including phenoxy) is 1. The third-order valence-electron chi connectivity index (χ3n) is 3.23. The van der Waals surface area contributed by atoms with Gasteiger partial charge in [-0.3, -0.25) is 0 Å². The van der Waals surface area contributed by atoms with Gasteiger partial charge in [-0.15, -0.1) is 0 Å². The summed E-state index contributed by atoms with van der Waals surface area (Å²) in [6, 6.07) is 8.17. The van der Waals surface area contributed by atoms with Crippen LogP contribution < -0.4 is 5.32 Å². The predicted molar refractivity (Wildman–Crippen MR) is 75.0 cm³/mol. The van der Waals surface area contributed by atoms with E-state index in [0.29, 0.717) is 19.6 Å². The molecule has 1 saturated heterocycles. The molecule has 19 heavy (non-hydrogen) atoms. The van der Waals surface area contributed by atoms with Crippen LogP contribution >= 0.6 is 0 Å². The minimum atomic E-state index is -0.0106. The largest absolute Gasteiger partial charge is 0.372 e. The molecule has 2 rings (SSSR count). The molecule has 1 aliphatic heterocycles. The summed E-state index contributed by atoms with van der Waals surface area (Å²) in [7, 11) is 0. The summed E-state index contributed by atoms with van der Waals surface area (Å²) in [4.78, 5) is 13.9. The first-order valence-electron chi connectivity index (χ1n) is 6.78. The van der Waals surface area contributed by atoms with Crippen LogP contribution in [0.25, 0.3) is 0 Å². The first kappa shape index (κ1) is 13.9. The highest BCUT2D eigenvalue weighted by Gasteiger charge is 2.25. The van der Waals surface area contributed by atoms with Crippen LogP contribution in [0.15, 0.2) is 24.3 Å². The Morgan fingerprint density at radius 2 is 2.05 bits per heavy atom. The number of hydrogen-bond donors (Lipinski definition) is 1. The Hall–Kier alpha value is -1.55. The molecule has 0 aliphatic carbocycles. The third kappa shape index (κ3) is 3.96. The second-order valence-electron chi connectivity index (χ2n) is 5.31. The molecular formula is C15H22N2O2. The first-order chi connectivity index (χ1) is 9.04. The van der Waals surface area contributed by atoms with Gasteiger partial charge in [-0.25, -0.2) is 4.79 Å². The number of carbonyl (C=O) groups is 1. The number of benzene rings is 1. The highest BCUT2D eigenvalue weighted by molar-refractivity contribution is 5.74. The van der Waals surface area contributed by atoms with E-state index < -0.39 is 0 Å². The summed E-state index contributed by atoms with van der Waals surface area (Å²) < 4.78 is 5.62. The molecule has 1 fully saturated rings. The molecule has 0 bridgehead atoms. The van der Waals surface area contributed by atoms with Crippen LogP contribution in [0.1, 0.15) is 25.0 Å². The number of aryl methyl sites for hydroxylation is 1. The zero-order valence-electron chi connectivity index (χ0n) is 11.8. The van der Waals surface area contributed by atoms with Crippen molar-refractivity contribution in [3.05, 3.63) is 35.4 Å². The van der Waals surface area contributed by atoms with Gasteiger partial charge in [0, 0.05) is 19.6 Å². The molecule has 1 aromatic rings. The van der Waals surface area contributed by atoms with Crippen molar-refractivity contribution in [2.45, 2.75) is 39.5 Å². The van der Waals surface area contributed by atoms with Gasteiger partial charge in [-0.1, -0.05) is 29.8 Å². The standard InChI is InChI=1S/C15H22N2O2/c1-11-5-4-6-14(7-11)8-16-15(18)17-9-12(2)19-13(3)10-17/h4-7,12-13H,8-10H2,1-3H3,(H,16,18). The Bertz CT molecular complexity index is 438. The summed E-state index contributed by atoms with van der Waals surface area (Å²) in [5.74, 6) is 0. The van der Waals surface area contributed by atoms with E-state index in [-0.39, 0.29) is 18.2 Å². The average molecular weight is 262 g/mol. The van der Waals surface area contributed by atoms with Gasteiger partial charge < -0.3 is 15.0 Å². The number of carbonyl (C=O) groups excluding carboxylic acids is 1. The zero-order valence-corrected chi connectivity index (χ0v) is 11.8. The lowest BCUT2D eigenvalue weighted by Crippen LogP contribution is -2.51. The van der Waals surface area contributed by atoms with Crippen LogP contribution in [0.3, 0.4) is 0 Å². The lowest BCUT2D eigenvalue weighted by molar-refractivity contribution is -0.0545. The molecule has 1 aromatic carbocycles. The van der Waals surface area contributed by atoms with E-state index in [9.17, 15) is 4.79 Å². The van der Waals surface area contributed by atoms with Gasteiger partial charge in [0.15, 0.2) is 0 Å². The zero-order chi connectivity index (χ0) is 13.8. The summed E-state index contributed by atoms with van der Waals surface area (Å²) in [6.07, 6.45) is 0.210. The molecule has 0 radical (unpaired) electrons. The Kier molecular flexibility index (Phi) is 4.43. The van der Waals surface area contributed by atoms with E-state index >= 15 is 0 Å². The van der Waals surface area contributed by atoms with E-state index in [2.05, 4.69) is 24.4 Å². The molecule has 2 unspecified atom stereocenters.